The van der Waals surface area contributed by atoms with E-state index in [-0.39, 0.29) is 10.7 Å². The lowest BCUT2D eigenvalue weighted by Gasteiger charge is -1.92. The number of nitrogens with zero attached hydrogens (tertiary/aromatic N) is 2. The van der Waals surface area contributed by atoms with E-state index in [0.29, 0.717) is 5.52 Å². The summed E-state index contributed by atoms with van der Waals surface area (Å²) in [6, 6.07) is 3.46. The van der Waals surface area contributed by atoms with E-state index in [0.717, 1.165) is 4.47 Å². The third kappa shape index (κ3) is 1.38. The minimum absolute atomic E-state index is 0.134. The van der Waals surface area contributed by atoms with Crippen LogP contribution in [0.4, 0.5) is 0 Å². The van der Waals surface area contributed by atoms with Crippen LogP contribution in [0.25, 0.3) is 5.52 Å². The third-order valence-electron chi connectivity index (χ3n) is 1.74. The van der Waals surface area contributed by atoms with Gasteiger partial charge in [-0.25, -0.2) is 9.31 Å². The molecule has 2 heterocycles. The zero-order valence-electron chi connectivity index (χ0n) is 6.74. The van der Waals surface area contributed by atoms with Crippen LogP contribution in [0.15, 0.2) is 22.8 Å². The number of halogens is 2. The molecule has 0 atom stereocenters. The predicted octanol–water partition coefficient (Wildman–Crippen LogP) is 2.45. The van der Waals surface area contributed by atoms with Crippen molar-refractivity contribution in [2.24, 2.45) is 0 Å². The van der Waals surface area contributed by atoms with Gasteiger partial charge in [0.2, 0.25) is 0 Å². The van der Waals surface area contributed by atoms with Crippen LogP contribution in [0.2, 0.25) is 5.02 Å². The van der Waals surface area contributed by atoms with E-state index in [1.807, 2.05) is 0 Å². The summed E-state index contributed by atoms with van der Waals surface area (Å²) in [7, 11) is 0. The zero-order valence-corrected chi connectivity index (χ0v) is 9.08. The van der Waals surface area contributed by atoms with Crippen molar-refractivity contribution in [3.8, 4) is 0 Å². The van der Waals surface area contributed by atoms with Gasteiger partial charge in [-0.2, -0.15) is 5.10 Å². The highest BCUT2D eigenvalue weighted by Crippen LogP contribution is 2.24. The molecular weight excluding hydrogens is 271 g/mol. The quantitative estimate of drug-likeness (QED) is 0.870. The number of rotatable bonds is 1. The van der Waals surface area contributed by atoms with Crippen molar-refractivity contribution in [2.45, 2.75) is 0 Å². The standard InChI is InChI=1S/C8H4BrClN2O2/c9-4-1-2-12-5(3-4)6(10)7(11-12)8(13)14/h1-3H,(H,13,14). The second kappa shape index (κ2) is 3.25. The maximum absolute atomic E-state index is 10.7. The lowest BCUT2D eigenvalue weighted by molar-refractivity contribution is 0.0690. The highest BCUT2D eigenvalue weighted by Gasteiger charge is 2.16. The summed E-state index contributed by atoms with van der Waals surface area (Å²) < 4.78 is 2.25. The van der Waals surface area contributed by atoms with Crippen molar-refractivity contribution < 1.29 is 9.90 Å². The third-order valence-corrected chi connectivity index (χ3v) is 2.61. The monoisotopic (exact) mass is 274 g/mol. The fourth-order valence-corrected chi connectivity index (χ4v) is 1.72. The molecule has 2 aromatic heterocycles. The first-order chi connectivity index (χ1) is 6.59. The van der Waals surface area contributed by atoms with Gasteiger partial charge in [0, 0.05) is 10.7 Å². The van der Waals surface area contributed by atoms with Gasteiger partial charge in [0.1, 0.15) is 5.02 Å². The Labute approximate surface area is 92.2 Å². The number of hydrogen-bond donors (Lipinski definition) is 1. The molecule has 0 spiro atoms. The van der Waals surface area contributed by atoms with E-state index < -0.39 is 5.97 Å². The van der Waals surface area contributed by atoms with Crippen molar-refractivity contribution >= 4 is 39.0 Å². The molecule has 0 unspecified atom stereocenters. The zero-order chi connectivity index (χ0) is 10.3. The number of pyridine rings is 1. The van der Waals surface area contributed by atoms with Crippen molar-refractivity contribution in [3.63, 3.8) is 0 Å². The van der Waals surface area contributed by atoms with Crippen LogP contribution < -0.4 is 0 Å². The molecule has 0 aliphatic rings. The van der Waals surface area contributed by atoms with Crippen LogP contribution in [-0.4, -0.2) is 20.7 Å². The minimum Gasteiger partial charge on any atom is -0.476 e. The Morgan fingerprint density at radius 1 is 1.64 bits per heavy atom. The van der Waals surface area contributed by atoms with Crippen LogP contribution in [0, 0.1) is 0 Å². The lowest BCUT2D eigenvalue weighted by atomic mass is 10.3. The van der Waals surface area contributed by atoms with Gasteiger partial charge in [-0.15, -0.1) is 0 Å². The SMILES string of the molecule is O=C(O)c1nn2ccc(Br)cc2c1Cl. The highest BCUT2D eigenvalue weighted by molar-refractivity contribution is 9.10. The molecule has 72 valence electrons. The topological polar surface area (TPSA) is 54.6 Å². The molecule has 0 aromatic carbocycles. The van der Waals surface area contributed by atoms with E-state index in [9.17, 15) is 4.79 Å². The molecule has 4 nitrogen and oxygen atoms in total. The van der Waals surface area contributed by atoms with Gasteiger partial charge in [0.25, 0.3) is 0 Å². The van der Waals surface area contributed by atoms with Crippen LogP contribution in [0.1, 0.15) is 10.5 Å². The first-order valence-corrected chi connectivity index (χ1v) is 4.83. The predicted molar refractivity (Wildman–Crippen MR) is 54.9 cm³/mol. The fourth-order valence-electron chi connectivity index (χ4n) is 1.13. The average molecular weight is 275 g/mol. The van der Waals surface area contributed by atoms with Crippen molar-refractivity contribution in [3.05, 3.63) is 33.5 Å². The van der Waals surface area contributed by atoms with Gasteiger partial charge < -0.3 is 5.11 Å². The maximum Gasteiger partial charge on any atom is 0.358 e. The molecular formula is C8H4BrClN2O2. The lowest BCUT2D eigenvalue weighted by Crippen LogP contribution is -1.97. The Balaban J connectivity index is 2.80. The van der Waals surface area contributed by atoms with E-state index in [4.69, 9.17) is 16.7 Å². The molecule has 0 saturated heterocycles. The summed E-state index contributed by atoms with van der Waals surface area (Å²) in [6.07, 6.45) is 1.64. The molecule has 6 heteroatoms. The Kier molecular flexibility index (Phi) is 2.20. The fraction of sp³-hybridized carbons (Fsp3) is 0. The molecule has 0 aliphatic heterocycles. The van der Waals surface area contributed by atoms with E-state index >= 15 is 0 Å². The van der Waals surface area contributed by atoms with Crippen LogP contribution >= 0.6 is 27.5 Å². The Hall–Kier alpha value is -1.07. The molecule has 14 heavy (non-hydrogen) atoms. The summed E-state index contributed by atoms with van der Waals surface area (Å²) in [5, 5.41) is 12.7. The molecule has 0 amide bonds. The smallest absolute Gasteiger partial charge is 0.358 e. The van der Waals surface area contributed by atoms with Gasteiger partial charge in [-0.05, 0) is 12.1 Å². The summed E-state index contributed by atoms with van der Waals surface area (Å²) in [5.41, 5.74) is 0.434. The molecule has 2 rings (SSSR count). The number of fused-ring (bicyclic) bond motifs is 1. The summed E-state index contributed by atoms with van der Waals surface area (Å²) in [4.78, 5) is 10.7. The maximum atomic E-state index is 10.7. The van der Waals surface area contributed by atoms with Crippen LogP contribution in [0.5, 0.6) is 0 Å². The van der Waals surface area contributed by atoms with Crippen molar-refractivity contribution in [1.82, 2.24) is 9.61 Å². The van der Waals surface area contributed by atoms with Gasteiger partial charge in [0.05, 0.1) is 5.52 Å². The van der Waals surface area contributed by atoms with Gasteiger partial charge >= 0.3 is 5.97 Å². The number of aromatic nitrogens is 2. The van der Waals surface area contributed by atoms with Crippen LogP contribution in [-0.2, 0) is 0 Å². The normalized spacial score (nSPS) is 10.7. The number of aromatic carboxylic acids is 1. The van der Waals surface area contributed by atoms with Gasteiger partial charge in [0.15, 0.2) is 5.69 Å². The first kappa shape index (κ1) is 9.48. The minimum atomic E-state index is -1.13. The molecule has 1 N–H and O–H groups in total. The van der Waals surface area contributed by atoms with Crippen molar-refractivity contribution in [2.75, 3.05) is 0 Å². The molecule has 0 saturated carbocycles. The Bertz CT molecular complexity index is 523. The number of hydrogen-bond acceptors (Lipinski definition) is 2. The van der Waals surface area contributed by atoms with E-state index in [2.05, 4.69) is 21.0 Å². The molecule has 0 aliphatic carbocycles. The summed E-state index contributed by atoms with van der Waals surface area (Å²) >= 11 is 9.10. The molecule has 0 fully saturated rings. The molecule has 0 radical (unpaired) electrons. The summed E-state index contributed by atoms with van der Waals surface area (Å²) in [5.74, 6) is -1.13. The Morgan fingerprint density at radius 2 is 2.36 bits per heavy atom. The van der Waals surface area contributed by atoms with Gasteiger partial charge in [-0.1, -0.05) is 27.5 Å². The largest absolute Gasteiger partial charge is 0.476 e. The second-order valence-corrected chi connectivity index (χ2v) is 3.94. The number of carbonyl (C=O) groups is 1. The second-order valence-electron chi connectivity index (χ2n) is 2.64. The van der Waals surface area contributed by atoms with E-state index in [1.54, 1.807) is 18.3 Å². The number of carboxylic acid groups (broad SMARTS) is 1. The van der Waals surface area contributed by atoms with E-state index in [1.165, 1.54) is 4.52 Å². The van der Waals surface area contributed by atoms with Crippen LogP contribution in [0.3, 0.4) is 0 Å². The molecule has 0 bridgehead atoms. The Morgan fingerprint density at radius 3 is 3.00 bits per heavy atom. The molecule has 2 aromatic rings. The summed E-state index contributed by atoms with van der Waals surface area (Å²) in [6.45, 7) is 0. The van der Waals surface area contributed by atoms with Crippen molar-refractivity contribution in [1.29, 1.82) is 0 Å². The highest BCUT2D eigenvalue weighted by atomic mass is 79.9. The average Bonchev–Trinajstić information content (AvgIpc) is 2.44. The number of carboxylic acids is 1. The first-order valence-electron chi connectivity index (χ1n) is 3.66. The van der Waals surface area contributed by atoms with Gasteiger partial charge in [-0.3, -0.25) is 0 Å².